The minimum atomic E-state index is -0.394. The number of nitro benzene ring substituents is 1. The zero-order chi connectivity index (χ0) is 16.0. The smallest absolute Gasteiger partial charge is 0.270 e. The first-order valence-corrected chi connectivity index (χ1v) is 8.16. The summed E-state index contributed by atoms with van der Waals surface area (Å²) < 4.78 is 0. The summed E-state index contributed by atoms with van der Waals surface area (Å²) in [6.45, 7) is 0. The molecule has 0 radical (unpaired) electrons. The molecule has 3 atom stereocenters. The average Bonchev–Trinajstić information content (AvgIpc) is 3.18. The van der Waals surface area contributed by atoms with E-state index in [0.29, 0.717) is 23.2 Å². The second-order valence-corrected chi connectivity index (χ2v) is 6.66. The lowest BCUT2D eigenvalue weighted by Gasteiger charge is -2.21. The summed E-state index contributed by atoms with van der Waals surface area (Å²) >= 11 is 6.25. The Balaban J connectivity index is 1.73. The van der Waals surface area contributed by atoms with Gasteiger partial charge in [0.2, 0.25) is 0 Å². The van der Waals surface area contributed by atoms with Crippen molar-refractivity contribution >= 4 is 17.3 Å². The maximum Gasteiger partial charge on any atom is 0.270 e. The van der Waals surface area contributed by atoms with Crippen LogP contribution in [0.4, 0.5) is 5.69 Å². The molecule has 6 heteroatoms. The van der Waals surface area contributed by atoms with E-state index in [1.165, 1.54) is 18.9 Å². The summed E-state index contributed by atoms with van der Waals surface area (Å²) in [5.74, 6) is 0.455. The third-order valence-electron chi connectivity index (χ3n) is 4.96. The minimum Gasteiger partial charge on any atom is -0.311 e. The van der Waals surface area contributed by atoms with Crippen molar-refractivity contribution in [2.75, 3.05) is 0 Å². The molecule has 0 unspecified atom stereocenters. The first-order chi connectivity index (χ1) is 11.1. The van der Waals surface area contributed by atoms with Crippen molar-refractivity contribution in [2.45, 2.75) is 37.3 Å². The van der Waals surface area contributed by atoms with Crippen molar-refractivity contribution in [3.05, 3.63) is 57.4 Å². The molecule has 2 fully saturated rings. The van der Waals surface area contributed by atoms with Gasteiger partial charge in [0.05, 0.1) is 4.92 Å². The zero-order valence-corrected chi connectivity index (χ0v) is 13.2. The topological polar surface area (TPSA) is 68.1 Å². The quantitative estimate of drug-likeness (QED) is 0.526. The largest absolute Gasteiger partial charge is 0.311 e. The van der Waals surface area contributed by atoms with Crippen molar-refractivity contribution in [1.82, 2.24) is 10.3 Å². The summed E-state index contributed by atoms with van der Waals surface area (Å²) in [4.78, 5) is 14.9. The summed E-state index contributed by atoms with van der Waals surface area (Å²) in [5, 5.41) is 15.0. The molecule has 1 N–H and O–H groups in total. The summed E-state index contributed by atoms with van der Waals surface area (Å²) in [6.07, 6.45) is 5.42. The van der Waals surface area contributed by atoms with E-state index < -0.39 is 4.92 Å². The normalized spacial score (nSPS) is 25.7. The van der Waals surface area contributed by atoms with Crippen molar-refractivity contribution in [3.8, 4) is 11.1 Å². The lowest BCUT2D eigenvalue weighted by atomic mass is 9.84. The second kappa shape index (κ2) is 5.58. The van der Waals surface area contributed by atoms with Gasteiger partial charge in [0.15, 0.2) is 0 Å². The molecule has 0 spiro atoms. The van der Waals surface area contributed by atoms with Crippen molar-refractivity contribution in [2.24, 2.45) is 0 Å². The minimum absolute atomic E-state index is 0.0607. The molecule has 1 aromatic carbocycles. The highest BCUT2D eigenvalue weighted by Crippen LogP contribution is 2.41. The molecule has 118 valence electrons. The fourth-order valence-electron chi connectivity index (χ4n) is 3.85. The van der Waals surface area contributed by atoms with Crippen molar-refractivity contribution < 1.29 is 4.92 Å². The summed E-state index contributed by atoms with van der Waals surface area (Å²) in [5.41, 5.74) is 2.71. The first kappa shape index (κ1) is 14.6. The standard InChI is InChI=1S/C17H16ClN3O2/c18-17-15(10-2-1-3-13(6-10)21(22)23)7-11(9-19-17)14-8-12-4-5-16(14)20-12/h1-3,6-7,9,12,14,16,20H,4-5,8H2/t12-,14+,16+/m0/s1. The number of nitrogens with zero attached hydrogens (tertiary/aromatic N) is 2. The van der Waals surface area contributed by atoms with Gasteiger partial charge in [-0.3, -0.25) is 10.1 Å². The average molecular weight is 330 g/mol. The third-order valence-corrected chi connectivity index (χ3v) is 5.26. The molecule has 5 nitrogen and oxygen atoms in total. The fraction of sp³-hybridized carbons (Fsp3) is 0.353. The van der Waals surface area contributed by atoms with Crippen molar-refractivity contribution in [1.29, 1.82) is 0 Å². The number of non-ortho nitro benzene ring substituents is 1. The molecular formula is C17H16ClN3O2. The van der Waals surface area contributed by atoms with Crippen molar-refractivity contribution in [3.63, 3.8) is 0 Å². The van der Waals surface area contributed by atoms with Gasteiger partial charge in [-0.15, -0.1) is 0 Å². The van der Waals surface area contributed by atoms with Gasteiger partial charge in [0, 0.05) is 41.9 Å². The van der Waals surface area contributed by atoms with Crippen LogP contribution in [0.5, 0.6) is 0 Å². The number of hydrogen-bond acceptors (Lipinski definition) is 4. The van der Waals surface area contributed by atoms with Crippen LogP contribution >= 0.6 is 11.6 Å². The van der Waals surface area contributed by atoms with Gasteiger partial charge in [0.1, 0.15) is 5.15 Å². The lowest BCUT2D eigenvalue weighted by molar-refractivity contribution is -0.384. The van der Waals surface area contributed by atoms with E-state index in [2.05, 4.69) is 10.3 Å². The monoisotopic (exact) mass is 329 g/mol. The third kappa shape index (κ3) is 2.60. The van der Waals surface area contributed by atoms with E-state index in [4.69, 9.17) is 11.6 Å². The van der Waals surface area contributed by atoms with E-state index in [9.17, 15) is 10.1 Å². The number of benzene rings is 1. The predicted octanol–water partition coefficient (Wildman–Crippen LogP) is 3.92. The van der Waals surface area contributed by atoms with E-state index in [0.717, 1.165) is 23.1 Å². The maximum atomic E-state index is 11.0. The number of nitrogens with one attached hydrogen (secondary N) is 1. The summed E-state index contributed by atoms with van der Waals surface area (Å²) in [7, 11) is 0. The molecular weight excluding hydrogens is 314 g/mol. The van der Waals surface area contributed by atoms with Crippen LogP contribution in [0.15, 0.2) is 36.5 Å². The van der Waals surface area contributed by atoms with Gasteiger partial charge < -0.3 is 5.32 Å². The number of rotatable bonds is 3. The molecule has 2 aliphatic rings. The van der Waals surface area contributed by atoms with Gasteiger partial charge in [-0.2, -0.15) is 0 Å². The van der Waals surface area contributed by atoms with E-state index >= 15 is 0 Å². The highest BCUT2D eigenvalue weighted by atomic mass is 35.5. The van der Waals surface area contributed by atoms with E-state index in [1.54, 1.807) is 12.1 Å². The highest BCUT2D eigenvalue weighted by molar-refractivity contribution is 6.32. The van der Waals surface area contributed by atoms with E-state index in [-0.39, 0.29) is 5.69 Å². The molecule has 2 aliphatic heterocycles. The van der Waals surface area contributed by atoms with E-state index in [1.807, 2.05) is 18.3 Å². The van der Waals surface area contributed by atoms with Crippen LogP contribution in [0.2, 0.25) is 5.15 Å². The Morgan fingerprint density at radius 2 is 2.17 bits per heavy atom. The molecule has 3 heterocycles. The SMILES string of the molecule is O=[N+]([O-])c1cccc(-c2cc([C@H]3C[C@@H]4CC[C@H]3N4)cnc2Cl)c1. The zero-order valence-electron chi connectivity index (χ0n) is 12.4. The Bertz CT molecular complexity index is 780. The van der Waals surface area contributed by atoms with Crippen LogP contribution < -0.4 is 5.32 Å². The van der Waals surface area contributed by atoms with Crippen LogP contribution in [-0.2, 0) is 0 Å². The summed E-state index contributed by atoms with van der Waals surface area (Å²) in [6, 6.07) is 9.71. The van der Waals surface area contributed by atoms with Crippen LogP contribution in [0.25, 0.3) is 11.1 Å². The number of pyridine rings is 1. The molecule has 4 rings (SSSR count). The number of nitro groups is 1. The molecule has 2 aromatic rings. The van der Waals surface area contributed by atoms with Gasteiger partial charge in [-0.05, 0) is 36.5 Å². The number of halogens is 1. The maximum absolute atomic E-state index is 11.0. The highest BCUT2D eigenvalue weighted by Gasteiger charge is 2.39. The molecule has 2 bridgehead atoms. The Kier molecular flexibility index (Phi) is 3.54. The molecule has 0 amide bonds. The van der Waals surface area contributed by atoms with Crippen LogP contribution in [-0.4, -0.2) is 22.0 Å². The Morgan fingerprint density at radius 1 is 1.30 bits per heavy atom. The number of aromatic nitrogens is 1. The van der Waals surface area contributed by atoms with Gasteiger partial charge >= 0.3 is 0 Å². The van der Waals surface area contributed by atoms with Crippen LogP contribution in [0, 0.1) is 10.1 Å². The van der Waals surface area contributed by atoms with Crippen LogP contribution in [0.3, 0.4) is 0 Å². The Morgan fingerprint density at radius 3 is 2.87 bits per heavy atom. The fourth-order valence-corrected chi connectivity index (χ4v) is 4.06. The molecule has 2 saturated heterocycles. The van der Waals surface area contributed by atoms with Crippen LogP contribution in [0.1, 0.15) is 30.7 Å². The number of fused-ring (bicyclic) bond motifs is 2. The molecule has 1 aromatic heterocycles. The Labute approximate surface area is 138 Å². The van der Waals surface area contributed by atoms with Gasteiger partial charge in [-0.1, -0.05) is 23.7 Å². The molecule has 0 saturated carbocycles. The van der Waals surface area contributed by atoms with Gasteiger partial charge in [0.25, 0.3) is 5.69 Å². The number of hydrogen-bond donors (Lipinski definition) is 1. The molecule has 0 aliphatic carbocycles. The second-order valence-electron chi connectivity index (χ2n) is 6.30. The molecule has 23 heavy (non-hydrogen) atoms. The first-order valence-electron chi connectivity index (χ1n) is 7.78. The Hall–Kier alpha value is -1.98. The lowest BCUT2D eigenvalue weighted by Crippen LogP contribution is -2.21. The van der Waals surface area contributed by atoms with Gasteiger partial charge in [-0.25, -0.2) is 4.98 Å². The predicted molar refractivity (Wildman–Crippen MR) is 88.6 cm³/mol.